The molecule has 0 saturated heterocycles. The van der Waals surface area contributed by atoms with Crippen molar-refractivity contribution in [3.05, 3.63) is 36.3 Å². The van der Waals surface area contributed by atoms with Crippen LogP contribution in [-0.2, 0) is 6.54 Å². The molecule has 2 aromatic rings. The number of rotatable bonds is 5. The molecular weight excluding hydrogens is 260 g/mol. The highest BCUT2D eigenvalue weighted by Crippen LogP contribution is 2.33. The average molecular weight is 286 g/mol. The van der Waals surface area contributed by atoms with Gasteiger partial charge in [-0.3, -0.25) is 4.90 Å². The number of imidazole rings is 1. The zero-order valence-corrected chi connectivity index (χ0v) is 13.0. The SMILES string of the molecule is CCN(Cc1cn2ccccc2n1)C1(CN)CCCCC1. The molecule has 0 bridgehead atoms. The monoisotopic (exact) mass is 286 g/mol. The molecule has 2 heterocycles. The Bertz CT molecular complexity index is 550. The highest BCUT2D eigenvalue weighted by Gasteiger charge is 2.36. The quantitative estimate of drug-likeness (QED) is 0.919. The van der Waals surface area contributed by atoms with Crippen molar-refractivity contribution in [2.45, 2.75) is 51.1 Å². The Kier molecular flexibility index (Phi) is 4.27. The summed E-state index contributed by atoms with van der Waals surface area (Å²) in [7, 11) is 0. The summed E-state index contributed by atoms with van der Waals surface area (Å²) in [6.45, 7) is 4.93. The van der Waals surface area contributed by atoms with Crippen LogP contribution in [0.3, 0.4) is 0 Å². The van der Waals surface area contributed by atoms with Gasteiger partial charge in [-0.2, -0.15) is 0 Å². The van der Waals surface area contributed by atoms with Gasteiger partial charge in [0.05, 0.1) is 5.69 Å². The van der Waals surface area contributed by atoms with Crippen molar-refractivity contribution in [3.8, 4) is 0 Å². The molecule has 2 N–H and O–H groups in total. The van der Waals surface area contributed by atoms with E-state index in [-0.39, 0.29) is 5.54 Å². The van der Waals surface area contributed by atoms with Gasteiger partial charge >= 0.3 is 0 Å². The molecule has 4 nitrogen and oxygen atoms in total. The Morgan fingerprint density at radius 1 is 1.29 bits per heavy atom. The van der Waals surface area contributed by atoms with Gasteiger partial charge in [-0.15, -0.1) is 0 Å². The molecule has 0 aliphatic heterocycles. The van der Waals surface area contributed by atoms with Crippen LogP contribution < -0.4 is 5.73 Å². The van der Waals surface area contributed by atoms with Crippen molar-refractivity contribution in [2.24, 2.45) is 5.73 Å². The van der Waals surface area contributed by atoms with E-state index in [9.17, 15) is 0 Å². The van der Waals surface area contributed by atoms with Crippen LogP contribution >= 0.6 is 0 Å². The summed E-state index contributed by atoms with van der Waals surface area (Å²) in [4.78, 5) is 7.29. The molecule has 0 atom stereocenters. The topological polar surface area (TPSA) is 46.6 Å². The maximum Gasteiger partial charge on any atom is 0.137 e. The molecule has 21 heavy (non-hydrogen) atoms. The molecule has 1 saturated carbocycles. The molecule has 0 radical (unpaired) electrons. The Hall–Kier alpha value is -1.39. The number of aromatic nitrogens is 2. The Morgan fingerprint density at radius 2 is 2.10 bits per heavy atom. The van der Waals surface area contributed by atoms with Gasteiger partial charge in [-0.05, 0) is 31.5 Å². The van der Waals surface area contributed by atoms with Crippen LogP contribution in [0.2, 0.25) is 0 Å². The maximum atomic E-state index is 6.18. The summed E-state index contributed by atoms with van der Waals surface area (Å²) >= 11 is 0. The van der Waals surface area contributed by atoms with Crippen LogP contribution in [0.5, 0.6) is 0 Å². The zero-order valence-electron chi connectivity index (χ0n) is 13.0. The fourth-order valence-electron chi connectivity index (χ4n) is 3.73. The van der Waals surface area contributed by atoms with Crippen LogP contribution in [0.15, 0.2) is 30.6 Å². The molecule has 0 aromatic carbocycles. The van der Waals surface area contributed by atoms with Crippen LogP contribution in [0.4, 0.5) is 0 Å². The lowest BCUT2D eigenvalue weighted by Gasteiger charge is -2.45. The molecular formula is C17H26N4. The van der Waals surface area contributed by atoms with Crippen molar-refractivity contribution < 1.29 is 0 Å². The van der Waals surface area contributed by atoms with Gasteiger partial charge in [-0.1, -0.05) is 32.3 Å². The van der Waals surface area contributed by atoms with Gasteiger partial charge in [-0.25, -0.2) is 4.98 Å². The summed E-state index contributed by atoms with van der Waals surface area (Å²) in [5.74, 6) is 0. The predicted octanol–water partition coefficient (Wildman–Crippen LogP) is 2.82. The third-order valence-electron chi connectivity index (χ3n) is 4.98. The summed E-state index contributed by atoms with van der Waals surface area (Å²) in [5, 5.41) is 0. The van der Waals surface area contributed by atoms with Gasteiger partial charge < -0.3 is 10.1 Å². The highest BCUT2D eigenvalue weighted by atomic mass is 15.2. The molecule has 1 fully saturated rings. The van der Waals surface area contributed by atoms with Gasteiger partial charge in [0.15, 0.2) is 0 Å². The minimum atomic E-state index is 0.183. The molecule has 0 spiro atoms. The van der Waals surface area contributed by atoms with E-state index in [0.29, 0.717) is 0 Å². The Labute approximate surface area is 127 Å². The van der Waals surface area contributed by atoms with Gasteiger partial charge in [0.2, 0.25) is 0 Å². The fraction of sp³-hybridized carbons (Fsp3) is 0.588. The fourth-order valence-corrected chi connectivity index (χ4v) is 3.73. The van der Waals surface area contributed by atoms with E-state index in [1.54, 1.807) is 0 Å². The standard InChI is InChI=1S/C17H26N4/c1-2-21(17(14-18)9-5-3-6-10-17)13-15-12-20-11-7-4-8-16(20)19-15/h4,7-8,11-12H,2-3,5-6,9-10,13-14,18H2,1H3. The first-order valence-corrected chi connectivity index (χ1v) is 8.15. The molecule has 3 rings (SSSR count). The van der Waals surface area contributed by atoms with E-state index in [0.717, 1.165) is 31.0 Å². The minimum absolute atomic E-state index is 0.183. The summed E-state index contributed by atoms with van der Waals surface area (Å²) < 4.78 is 2.10. The lowest BCUT2D eigenvalue weighted by molar-refractivity contribution is 0.0537. The first kappa shape index (κ1) is 14.5. The zero-order chi connectivity index (χ0) is 14.7. The van der Waals surface area contributed by atoms with Crippen molar-refractivity contribution in [1.82, 2.24) is 14.3 Å². The second-order valence-electron chi connectivity index (χ2n) is 6.20. The number of likely N-dealkylation sites (N-methyl/N-ethyl adjacent to an activating group) is 1. The molecule has 2 aromatic heterocycles. The number of hydrogen-bond acceptors (Lipinski definition) is 3. The Balaban J connectivity index is 1.82. The number of fused-ring (bicyclic) bond motifs is 1. The third kappa shape index (κ3) is 2.83. The lowest BCUT2D eigenvalue weighted by Crippen LogP contribution is -2.54. The van der Waals surface area contributed by atoms with E-state index in [4.69, 9.17) is 10.7 Å². The molecule has 1 aliphatic rings. The van der Waals surface area contributed by atoms with E-state index in [1.165, 1.54) is 32.1 Å². The van der Waals surface area contributed by atoms with E-state index in [1.807, 2.05) is 12.1 Å². The Morgan fingerprint density at radius 3 is 2.76 bits per heavy atom. The predicted molar refractivity (Wildman–Crippen MR) is 86.1 cm³/mol. The van der Waals surface area contributed by atoms with Gasteiger partial charge in [0.1, 0.15) is 5.65 Å². The average Bonchev–Trinajstić information content (AvgIpc) is 2.95. The smallest absolute Gasteiger partial charge is 0.137 e. The van der Waals surface area contributed by atoms with Crippen molar-refractivity contribution >= 4 is 5.65 Å². The van der Waals surface area contributed by atoms with Crippen molar-refractivity contribution in [3.63, 3.8) is 0 Å². The normalized spacial score (nSPS) is 18.4. The molecule has 0 unspecified atom stereocenters. The highest BCUT2D eigenvalue weighted by molar-refractivity contribution is 5.39. The van der Waals surface area contributed by atoms with E-state index < -0.39 is 0 Å². The molecule has 4 heteroatoms. The largest absolute Gasteiger partial charge is 0.329 e. The minimum Gasteiger partial charge on any atom is -0.329 e. The first-order chi connectivity index (χ1) is 10.3. The van der Waals surface area contributed by atoms with Crippen LogP contribution in [0, 0.1) is 0 Å². The van der Waals surface area contributed by atoms with Crippen molar-refractivity contribution in [1.29, 1.82) is 0 Å². The van der Waals surface area contributed by atoms with E-state index >= 15 is 0 Å². The second kappa shape index (κ2) is 6.16. The maximum absolute atomic E-state index is 6.18. The van der Waals surface area contributed by atoms with Crippen molar-refractivity contribution in [2.75, 3.05) is 13.1 Å². The number of nitrogens with zero attached hydrogens (tertiary/aromatic N) is 3. The molecule has 114 valence electrons. The van der Waals surface area contributed by atoms with Gasteiger partial charge in [0.25, 0.3) is 0 Å². The number of nitrogens with two attached hydrogens (primary N) is 1. The van der Waals surface area contributed by atoms with Crippen LogP contribution in [0.1, 0.15) is 44.7 Å². The third-order valence-corrected chi connectivity index (χ3v) is 4.98. The number of pyridine rings is 1. The molecule has 0 amide bonds. The summed E-state index contributed by atoms with van der Waals surface area (Å²) in [6, 6.07) is 6.13. The van der Waals surface area contributed by atoms with Crippen LogP contribution in [0.25, 0.3) is 5.65 Å². The molecule has 1 aliphatic carbocycles. The van der Waals surface area contributed by atoms with Crippen LogP contribution in [-0.4, -0.2) is 32.9 Å². The summed E-state index contributed by atoms with van der Waals surface area (Å²) in [5.41, 5.74) is 8.52. The number of hydrogen-bond donors (Lipinski definition) is 1. The summed E-state index contributed by atoms with van der Waals surface area (Å²) in [6.07, 6.45) is 10.6. The van der Waals surface area contributed by atoms with E-state index in [2.05, 4.69) is 34.7 Å². The second-order valence-corrected chi connectivity index (χ2v) is 6.20. The lowest BCUT2D eigenvalue weighted by atomic mass is 9.80. The first-order valence-electron chi connectivity index (χ1n) is 8.15. The van der Waals surface area contributed by atoms with Gasteiger partial charge in [0, 0.05) is 31.0 Å².